The van der Waals surface area contributed by atoms with Crippen LogP contribution >= 0.6 is 0 Å². The Balaban J connectivity index is 1.73. The van der Waals surface area contributed by atoms with Gasteiger partial charge in [-0.2, -0.15) is 0 Å². The number of oxime groups is 1. The van der Waals surface area contributed by atoms with Crippen molar-refractivity contribution >= 4 is 33.2 Å². The largest absolute Gasteiger partial charge is 0.410 e. The summed E-state index contributed by atoms with van der Waals surface area (Å²) >= 11 is 0. The van der Waals surface area contributed by atoms with Crippen LogP contribution in [0.25, 0.3) is 6.08 Å². The maximum Gasteiger partial charge on any atom is 0.269 e. The van der Waals surface area contributed by atoms with Crippen molar-refractivity contribution in [2.45, 2.75) is 11.8 Å². The molecule has 0 heterocycles. The predicted molar refractivity (Wildman–Crippen MR) is 119 cm³/mol. The third-order valence-electron chi connectivity index (χ3n) is 4.41. The third kappa shape index (κ3) is 5.55. The van der Waals surface area contributed by atoms with Gasteiger partial charge in [-0.15, -0.1) is 0 Å². The van der Waals surface area contributed by atoms with Gasteiger partial charge in [-0.1, -0.05) is 41.1 Å². The zero-order valence-corrected chi connectivity index (χ0v) is 17.3. The first-order valence-corrected chi connectivity index (χ1v) is 10.6. The lowest BCUT2D eigenvalue weighted by Crippen LogP contribution is -2.13. The highest BCUT2D eigenvalue weighted by atomic mass is 32.2. The number of non-ortho nitro benzene ring substituents is 1. The summed E-state index contributed by atoms with van der Waals surface area (Å²) in [5.41, 5.74) is 2.79. The number of sulfonamides is 1. The fraction of sp³-hybridized carbons (Fsp3) is 0.0455. The third-order valence-corrected chi connectivity index (χ3v) is 5.81. The maximum atomic E-state index is 12.5. The van der Waals surface area contributed by atoms with E-state index in [-0.39, 0.29) is 16.3 Å². The van der Waals surface area contributed by atoms with E-state index in [1.165, 1.54) is 24.3 Å². The van der Waals surface area contributed by atoms with Crippen molar-refractivity contribution in [2.75, 3.05) is 4.72 Å². The SMILES string of the molecule is Cc1ccc(S(=O)(=O)Nc2ccc(C(/C=C/c3ccc([N+](=O)[O-])cc3)=N\O)cc2)cc1. The molecule has 3 rings (SSSR count). The summed E-state index contributed by atoms with van der Waals surface area (Å²) in [5.74, 6) is 0. The molecule has 0 unspecified atom stereocenters. The lowest BCUT2D eigenvalue weighted by atomic mass is 10.1. The van der Waals surface area contributed by atoms with Crippen molar-refractivity contribution in [3.05, 3.63) is 106 Å². The Morgan fingerprint density at radius 2 is 1.61 bits per heavy atom. The highest BCUT2D eigenvalue weighted by molar-refractivity contribution is 7.92. The summed E-state index contributed by atoms with van der Waals surface area (Å²) in [4.78, 5) is 10.4. The number of nitro benzene ring substituents is 1. The van der Waals surface area contributed by atoms with Gasteiger partial charge in [0.2, 0.25) is 0 Å². The molecule has 3 aromatic rings. The first kappa shape index (κ1) is 21.7. The summed E-state index contributed by atoms with van der Waals surface area (Å²) in [6, 6.07) is 18.8. The van der Waals surface area contributed by atoms with Crippen LogP contribution in [0, 0.1) is 17.0 Å². The molecule has 0 fully saturated rings. The van der Waals surface area contributed by atoms with Gasteiger partial charge in [-0.3, -0.25) is 14.8 Å². The van der Waals surface area contributed by atoms with Crippen LogP contribution < -0.4 is 4.72 Å². The van der Waals surface area contributed by atoms with Crippen LogP contribution in [0.1, 0.15) is 16.7 Å². The molecule has 0 radical (unpaired) electrons. The summed E-state index contributed by atoms with van der Waals surface area (Å²) in [7, 11) is -3.72. The second-order valence-corrected chi connectivity index (χ2v) is 8.35. The number of hydrogen-bond donors (Lipinski definition) is 2. The molecule has 0 aliphatic rings. The highest BCUT2D eigenvalue weighted by Crippen LogP contribution is 2.18. The van der Waals surface area contributed by atoms with Crippen LogP contribution in [-0.2, 0) is 10.0 Å². The molecule has 0 bridgehead atoms. The molecule has 158 valence electrons. The smallest absolute Gasteiger partial charge is 0.269 e. The van der Waals surface area contributed by atoms with E-state index in [0.717, 1.165) is 5.56 Å². The van der Waals surface area contributed by atoms with Crippen LogP contribution in [0.3, 0.4) is 0 Å². The molecule has 31 heavy (non-hydrogen) atoms. The average molecular weight is 437 g/mol. The first-order valence-electron chi connectivity index (χ1n) is 9.13. The number of aryl methyl sites for hydroxylation is 1. The Morgan fingerprint density at radius 3 is 2.16 bits per heavy atom. The van der Waals surface area contributed by atoms with Crippen molar-refractivity contribution in [3.63, 3.8) is 0 Å². The topological polar surface area (TPSA) is 122 Å². The number of hydrogen-bond acceptors (Lipinski definition) is 6. The zero-order valence-electron chi connectivity index (χ0n) is 16.5. The van der Waals surface area contributed by atoms with Crippen molar-refractivity contribution in [1.29, 1.82) is 0 Å². The van der Waals surface area contributed by atoms with E-state index < -0.39 is 14.9 Å². The minimum absolute atomic E-state index is 0.0168. The number of nitrogens with one attached hydrogen (secondary N) is 1. The van der Waals surface area contributed by atoms with E-state index in [4.69, 9.17) is 0 Å². The average Bonchev–Trinajstić information content (AvgIpc) is 2.75. The Labute approximate surface area is 179 Å². The van der Waals surface area contributed by atoms with Gasteiger partial charge in [-0.25, -0.2) is 8.42 Å². The summed E-state index contributed by atoms with van der Waals surface area (Å²) < 4.78 is 27.5. The number of anilines is 1. The van der Waals surface area contributed by atoms with Gasteiger partial charge < -0.3 is 5.21 Å². The second kappa shape index (κ2) is 9.23. The number of benzene rings is 3. The van der Waals surface area contributed by atoms with Gasteiger partial charge in [0.1, 0.15) is 5.71 Å². The van der Waals surface area contributed by atoms with Crippen LogP contribution in [0.5, 0.6) is 0 Å². The van der Waals surface area contributed by atoms with Gasteiger partial charge >= 0.3 is 0 Å². The Kier molecular flexibility index (Phi) is 6.46. The minimum Gasteiger partial charge on any atom is -0.410 e. The quantitative estimate of drug-likeness (QED) is 0.242. The minimum atomic E-state index is -3.72. The van der Waals surface area contributed by atoms with Crippen LogP contribution in [-0.4, -0.2) is 24.3 Å². The zero-order chi connectivity index (χ0) is 22.4. The molecule has 0 amide bonds. The van der Waals surface area contributed by atoms with Gasteiger partial charge in [0, 0.05) is 23.4 Å². The van der Waals surface area contributed by atoms with Crippen molar-refractivity contribution < 1.29 is 18.5 Å². The molecule has 3 aromatic carbocycles. The summed E-state index contributed by atoms with van der Waals surface area (Å²) in [5, 5.41) is 23.3. The van der Waals surface area contributed by atoms with Gasteiger partial charge in [0.15, 0.2) is 0 Å². The number of nitrogens with zero attached hydrogens (tertiary/aromatic N) is 2. The molecule has 0 saturated carbocycles. The Bertz CT molecular complexity index is 1230. The monoisotopic (exact) mass is 437 g/mol. The standard InChI is InChI=1S/C22H19N3O5S/c1-16-2-13-21(14-3-16)31(29,30)24-19-9-7-18(8-10-19)22(23-26)15-6-17-4-11-20(12-5-17)25(27)28/h2-15,24,26H,1H3/b15-6+,23-22-. The van der Waals surface area contributed by atoms with Crippen LogP contribution in [0.4, 0.5) is 11.4 Å². The lowest BCUT2D eigenvalue weighted by molar-refractivity contribution is -0.384. The first-order chi connectivity index (χ1) is 14.8. The Morgan fingerprint density at radius 1 is 1.00 bits per heavy atom. The molecule has 9 heteroatoms. The maximum absolute atomic E-state index is 12.5. The van der Waals surface area contributed by atoms with E-state index in [2.05, 4.69) is 9.88 Å². The van der Waals surface area contributed by atoms with Gasteiger partial charge in [-0.05, 0) is 55.0 Å². The summed E-state index contributed by atoms with van der Waals surface area (Å²) in [6.07, 6.45) is 3.19. The molecule has 8 nitrogen and oxygen atoms in total. The van der Waals surface area contributed by atoms with E-state index >= 15 is 0 Å². The predicted octanol–water partition coefficient (Wildman–Crippen LogP) is 4.60. The fourth-order valence-corrected chi connectivity index (χ4v) is 3.77. The molecule has 0 aliphatic carbocycles. The molecule has 0 atom stereocenters. The van der Waals surface area contributed by atoms with Crippen molar-refractivity contribution in [2.24, 2.45) is 5.16 Å². The Hall–Kier alpha value is -3.98. The molecular weight excluding hydrogens is 418 g/mol. The molecule has 0 spiro atoms. The molecule has 0 aliphatic heterocycles. The normalized spacial score (nSPS) is 12.1. The molecule has 2 N–H and O–H groups in total. The van der Waals surface area contributed by atoms with Gasteiger partial charge in [0.25, 0.3) is 15.7 Å². The molecule has 0 aromatic heterocycles. The van der Waals surface area contributed by atoms with Gasteiger partial charge in [0.05, 0.1) is 9.82 Å². The number of nitro groups is 1. The van der Waals surface area contributed by atoms with E-state index in [0.29, 0.717) is 16.8 Å². The fourth-order valence-electron chi connectivity index (χ4n) is 2.71. The van der Waals surface area contributed by atoms with E-state index in [1.54, 1.807) is 60.7 Å². The molecular formula is C22H19N3O5S. The van der Waals surface area contributed by atoms with Crippen LogP contribution in [0.15, 0.2) is 88.9 Å². The number of rotatable bonds is 7. The van der Waals surface area contributed by atoms with E-state index in [1.807, 2.05) is 6.92 Å². The van der Waals surface area contributed by atoms with Crippen molar-refractivity contribution in [3.8, 4) is 0 Å². The van der Waals surface area contributed by atoms with Crippen LogP contribution in [0.2, 0.25) is 0 Å². The van der Waals surface area contributed by atoms with Crippen molar-refractivity contribution in [1.82, 2.24) is 0 Å². The molecule has 0 saturated heterocycles. The summed E-state index contributed by atoms with van der Waals surface area (Å²) in [6.45, 7) is 1.87. The number of allylic oxidation sites excluding steroid dienone is 1. The highest BCUT2D eigenvalue weighted by Gasteiger charge is 2.14. The lowest BCUT2D eigenvalue weighted by Gasteiger charge is -2.09. The van der Waals surface area contributed by atoms with E-state index in [9.17, 15) is 23.7 Å². The second-order valence-electron chi connectivity index (χ2n) is 6.66.